The monoisotopic (exact) mass is 392 g/mol. The van der Waals surface area contributed by atoms with Crippen LogP contribution in [0, 0.1) is 5.82 Å². The van der Waals surface area contributed by atoms with E-state index in [0.717, 1.165) is 0 Å². The molecule has 112 valence electrons. The molecule has 0 N–H and O–H groups in total. The molecule has 0 heterocycles. The van der Waals surface area contributed by atoms with Crippen molar-refractivity contribution >= 4 is 39.1 Å². The maximum atomic E-state index is 14.0. The van der Waals surface area contributed by atoms with Gasteiger partial charge >= 0.3 is 0 Å². The van der Waals surface area contributed by atoms with Crippen LogP contribution in [0.1, 0.15) is 16.5 Å². The number of ether oxygens (including phenoxy) is 2. The molecule has 0 saturated heterocycles. The number of alkyl halides is 1. The van der Waals surface area contributed by atoms with Gasteiger partial charge in [-0.2, -0.15) is 0 Å². The Labute approximate surface area is 140 Å². The minimum atomic E-state index is -0.735. The first-order chi connectivity index (χ1) is 9.99. The predicted octanol–water partition coefficient (Wildman–Crippen LogP) is 5.59. The molecule has 2 nitrogen and oxygen atoms in total. The van der Waals surface area contributed by atoms with Gasteiger partial charge in [-0.05, 0) is 46.3 Å². The predicted molar refractivity (Wildman–Crippen MR) is 86.4 cm³/mol. The van der Waals surface area contributed by atoms with Crippen molar-refractivity contribution in [1.82, 2.24) is 0 Å². The molecule has 0 aliphatic heterocycles. The van der Waals surface area contributed by atoms with Crippen molar-refractivity contribution in [3.05, 3.63) is 56.8 Å². The fraction of sp³-hybridized carbons (Fsp3) is 0.200. The zero-order chi connectivity index (χ0) is 15.6. The van der Waals surface area contributed by atoms with Gasteiger partial charge in [0.2, 0.25) is 0 Å². The molecule has 1 atom stereocenters. The van der Waals surface area contributed by atoms with Crippen LogP contribution in [0.5, 0.6) is 11.5 Å². The van der Waals surface area contributed by atoms with Gasteiger partial charge in [0.1, 0.15) is 21.8 Å². The Kier molecular flexibility index (Phi) is 5.36. The molecule has 1 unspecified atom stereocenters. The molecule has 0 saturated carbocycles. The van der Waals surface area contributed by atoms with Gasteiger partial charge in [0.05, 0.1) is 19.6 Å². The Bertz CT molecular complexity index is 664. The van der Waals surface area contributed by atoms with Crippen molar-refractivity contribution in [2.24, 2.45) is 0 Å². The highest BCUT2D eigenvalue weighted by atomic mass is 79.9. The third kappa shape index (κ3) is 3.28. The molecule has 2 rings (SSSR count). The molecule has 0 aromatic heterocycles. The average Bonchev–Trinajstić information content (AvgIpc) is 2.48. The Morgan fingerprint density at radius 1 is 1.10 bits per heavy atom. The van der Waals surface area contributed by atoms with E-state index in [2.05, 4.69) is 15.9 Å². The number of benzene rings is 2. The van der Waals surface area contributed by atoms with E-state index in [4.69, 9.17) is 32.7 Å². The molecule has 0 aliphatic rings. The standard InChI is InChI=1S/C15H12BrCl2FO2/c1-20-12-6-4-9(15(21-2)13(12)16)14(18)10-7-8(17)3-5-11(10)19/h3-7,14H,1-2H3. The van der Waals surface area contributed by atoms with Crippen LogP contribution < -0.4 is 9.47 Å². The Balaban J connectivity index is 2.55. The largest absolute Gasteiger partial charge is 0.495 e. The maximum Gasteiger partial charge on any atom is 0.141 e. The van der Waals surface area contributed by atoms with E-state index in [0.29, 0.717) is 32.1 Å². The van der Waals surface area contributed by atoms with Crippen LogP contribution in [0.2, 0.25) is 5.02 Å². The Morgan fingerprint density at radius 3 is 2.43 bits per heavy atom. The van der Waals surface area contributed by atoms with Crippen LogP contribution in [-0.4, -0.2) is 14.2 Å². The van der Waals surface area contributed by atoms with Gasteiger partial charge in [0.25, 0.3) is 0 Å². The van der Waals surface area contributed by atoms with Crippen LogP contribution in [0.15, 0.2) is 34.8 Å². The molecule has 0 radical (unpaired) electrons. The van der Waals surface area contributed by atoms with Crippen molar-refractivity contribution in [2.45, 2.75) is 5.38 Å². The summed E-state index contributed by atoms with van der Waals surface area (Å²) in [6.07, 6.45) is 0. The van der Waals surface area contributed by atoms with E-state index in [-0.39, 0.29) is 0 Å². The summed E-state index contributed by atoms with van der Waals surface area (Å²) in [5, 5.41) is -0.315. The summed E-state index contributed by atoms with van der Waals surface area (Å²) in [6.45, 7) is 0. The molecular weight excluding hydrogens is 382 g/mol. The molecule has 2 aromatic carbocycles. The highest BCUT2D eigenvalue weighted by Crippen LogP contribution is 2.44. The zero-order valence-electron chi connectivity index (χ0n) is 11.3. The molecule has 2 aromatic rings. The van der Waals surface area contributed by atoms with Gasteiger partial charge in [-0.15, -0.1) is 11.6 Å². The molecule has 0 aliphatic carbocycles. The number of hydrogen-bond acceptors (Lipinski definition) is 2. The lowest BCUT2D eigenvalue weighted by atomic mass is 10.0. The highest BCUT2D eigenvalue weighted by molar-refractivity contribution is 9.10. The third-order valence-electron chi connectivity index (χ3n) is 3.02. The number of rotatable bonds is 4. The summed E-state index contributed by atoms with van der Waals surface area (Å²) in [4.78, 5) is 0. The number of methoxy groups -OCH3 is 2. The SMILES string of the molecule is COc1ccc(C(Cl)c2cc(Cl)ccc2F)c(OC)c1Br. The summed E-state index contributed by atoms with van der Waals surface area (Å²) >= 11 is 15.7. The van der Waals surface area contributed by atoms with Crippen LogP contribution >= 0.6 is 39.1 Å². The van der Waals surface area contributed by atoms with Gasteiger partial charge < -0.3 is 9.47 Å². The number of hydrogen-bond donors (Lipinski definition) is 0. The molecule has 21 heavy (non-hydrogen) atoms. The van der Waals surface area contributed by atoms with Crippen LogP contribution in [0.4, 0.5) is 4.39 Å². The molecule has 0 bridgehead atoms. The van der Waals surface area contributed by atoms with Crippen molar-refractivity contribution < 1.29 is 13.9 Å². The molecule has 6 heteroatoms. The van der Waals surface area contributed by atoms with E-state index in [9.17, 15) is 4.39 Å². The van der Waals surface area contributed by atoms with Crippen LogP contribution in [0.25, 0.3) is 0 Å². The van der Waals surface area contributed by atoms with Crippen molar-refractivity contribution in [3.8, 4) is 11.5 Å². The number of halogens is 4. The lowest BCUT2D eigenvalue weighted by molar-refractivity contribution is 0.386. The van der Waals surface area contributed by atoms with E-state index in [1.807, 2.05) is 0 Å². The Morgan fingerprint density at radius 2 is 1.81 bits per heavy atom. The first-order valence-electron chi connectivity index (χ1n) is 5.99. The molecule has 0 spiro atoms. The van der Waals surface area contributed by atoms with Crippen molar-refractivity contribution in [3.63, 3.8) is 0 Å². The lowest BCUT2D eigenvalue weighted by Crippen LogP contribution is -2.01. The summed E-state index contributed by atoms with van der Waals surface area (Å²) in [6, 6.07) is 7.75. The molecular formula is C15H12BrCl2FO2. The van der Waals surface area contributed by atoms with E-state index >= 15 is 0 Å². The van der Waals surface area contributed by atoms with Gasteiger partial charge in [-0.25, -0.2) is 4.39 Å². The van der Waals surface area contributed by atoms with Crippen molar-refractivity contribution in [1.29, 1.82) is 0 Å². The topological polar surface area (TPSA) is 18.5 Å². The van der Waals surface area contributed by atoms with Crippen LogP contribution in [0.3, 0.4) is 0 Å². The first kappa shape index (κ1) is 16.4. The van der Waals surface area contributed by atoms with E-state index < -0.39 is 11.2 Å². The zero-order valence-corrected chi connectivity index (χ0v) is 14.4. The molecule has 0 fully saturated rings. The molecule has 0 amide bonds. The summed E-state index contributed by atoms with van der Waals surface area (Å²) < 4.78 is 25.2. The highest BCUT2D eigenvalue weighted by Gasteiger charge is 2.22. The smallest absolute Gasteiger partial charge is 0.141 e. The second-order valence-electron chi connectivity index (χ2n) is 4.23. The summed E-state index contributed by atoms with van der Waals surface area (Å²) in [5.41, 5.74) is 0.910. The second-order valence-corrected chi connectivity index (χ2v) is 5.90. The summed E-state index contributed by atoms with van der Waals surface area (Å²) in [5.74, 6) is 0.674. The average molecular weight is 394 g/mol. The van der Waals surface area contributed by atoms with Crippen LogP contribution in [-0.2, 0) is 0 Å². The second kappa shape index (κ2) is 6.86. The minimum absolute atomic E-state index is 0.291. The fourth-order valence-corrected chi connectivity index (χ4v) is 3.20. The lowest BCUT2D eigenvalue weighted by Gasteiger charge is -2.18. The van der Waals surface area contributed by atoms with Gasteiger partial charge in [0.15, 0.2) is 0 Å². The van der Waals surface area contributed by atoms with Gasteiger partial charge in [-0.3, -0.25) is 0 Å². The minimum Gasteiger partial charge on any atom is -0.495 e. The van der Waals surface area contributed by atoms with Gasteiger partial charge in [-0.1, -0.05) is 11.6 Å². The normalized spacial score (nSPS) is 12.1. The van der Waals surface area contributed by atoms with E-state index in [1.165, 1.54) is 25.3 Å². The van der Waals surface area contributed by atoms with Crippen molar-refractivity contribution in [2.75, 3.05) is 14.2 Å². The third-order valence-corrected chi connectivity index (χ3v) is 4.48. The van der Waals surface area contributed by atoms with Gasteiger partial charge in [0, 0.05) is 16.1 Å². The quantitative estimate of drug-likeness (QED) is 0.630. The Hall–Kier alpha value is -0.970. The summed E-state index contributed by atoms with van der Waals surface area (Å²) in [7, 11) is 3.06. The first-order valence-corrected chi connectivity index (χ1v) is 7.59. The fourth-order valence-electron chi connectivity index (χ4n) is 1.99. The maximum absolute atomic E-state index is 14.0. The van der Waals surface area contributed by atoms with E-state index in [1.54, 1.807) is 19.2 Å².